The predicted octanol–water partition coefficient (Wildman–Crippen LogP) is 5.75. The summed E-state index contributed by atoms with van der Waals surface area (Å²) in [7, 11) is -1.49. The number of rotatable bonds is 3. The number of hydrogen-bond donors (Lipinski definition) is 0. The van der Waals surface area contributed by atoms with Crippen molar-refractivity contribution in [2.24, 2.45) is 0 Å². The first-order chi connectivity index (χ1) is 12.3. The largest absolute Gasteiger partial charge is 0.0998 e. The van der Waals surface area contributed by atoms with Crippen LogP contribution in [-0.2, 0) is 6.16 Å². The highest BCUT2D eigenvalue weighted by molar-refractivity contribution is 7.89. The van der Waals surface area contributed by atoms with Crippen molar-refractivity contribution < 1.29 is 0 Å². The molecule has 0 fully saturated rings. The van der Waals surface area contributed by atoms with Gasteiger partial charge in [-0.05, 0) is 48.7 Å². The van der Waals surface area contributed by atoms with Crippen molar-refractivity contribution in [2.75, 3.05) is 0 Å². The van der Waals surface area contributed by atoms with Crippen LogP contribution in [0.4, 0.5) is 0 Å². The van der Waals surface area contributed by atoms with Crippen molar-refractivity contribution in [2.45, 2.75) is 38.0 Å². The average molecular weight is 345 g/mol. The van der Waals surface area contributed by atoms with Crippen LogP contribution < -0.4 is 10.6 Å². The van der Waals surface area contributed by atoms with Crippen LogP contribution in [0.3, 0.4) is 0 Å². The minimum Gasteiger partial charge on any atom is -0.0646 e. The molecule has 3 aromatic carbocycles. The first-order valence-corrected chi connectivity index (χ1v) is 11.4. The molecule has 3 aromatic rings. The first-order valence-electron chi connectivity index (χ1n) is 9.34. The molecule has 0 aliphatic carbocycles. The lowest BCUT2D eigenvalue weighted by molar-refractivity contribution is 0.632. The summed E-state index contributed by atoms with van der Waals surface area (Å²) in [6.45, 7) is 4.87. The summed E-state index contributed by atoms with van der Waals surface area (Å²) in [5.74, 6) is 0.638. The summed E-state index contributed by atoms with van der Waals surface area (Å²) in [5, 5.41) is 3.11. The molecule has 126 valence electrons. The van der Waals surface area contributed by atoms with Crippen molar-refractivity contribution >= 4 is 17.9 Å². The highest BCUT2D eigenvalue weighted by Gasteiger charge is 2.54. The van der Waals surface area contributed by atoms with Crippen LogP contribution in [0.5, 0.6) is 0 Å². The maximum atomic E-state index is 2.51. The molecular formula is C24H26P+. The van der Waals surface area contributed by atoms with E-state index in [1.54, 1.807) is 21.7 Å². The summed E-state index contributed by atoms with van der Waals surface area (Å²) >= 11 is 0. The Balaban J connectivity index is 1.99. The Kier molecular flexibility index (Phi) is 4.48. The van der Waals surface area contributed by atoms with Crippen LogP contribution in [0, 0.1) is 0 Å². The Morgan fingerprint density at radius 1 is 0.760 bits per heavy atom. The van der Waals surface area contributed by atoms with Gasteiger partial charge in [-0.2, -0.15) is 0 Å². The lowest BCUT2D eigenvalue weighted by atomic mass is 9.89. The minimum atomic E-state index is -1.49. The van der Waals surface area contributed by atoms with E-state index in [4.69, 9.17) is 0 Å². The van der Waals surface area contributed by atoms with E-state index in [2.05, 4.69) is 98.8 Å². The predicted molar refractivity (Wildman–Crippen MR) is 112 cm³/mol. The Hall–Kier alpha value is -1.91. The Morgan fingerprint density at radius 2 is 1.28 bits per heavy atom. The van der Waals surface area contributed by atoms with Gasteiger partial charge in [-0.3, -0.25) is 0 Å². The molecule has 1 heterocycles. The second-order valence-electron chi connectivity index (χ2n) is 7.15. The zero-order chi connectivity index (χ0) is 17.3. The van der Waals surface area contributed by atoms with E-state index >= 15 is 0 Å². The molecule has 0 N–H and O–H groups in total. The molecule has 0 saturated carbocycles. The topological polar surface area (TPSA) is 0 Å². The second kappa shape index (κ2) is 6.77. The third kappa shape index (κ3) is 2.64. The van der Waals surface area contributed by atoms with Crippen LogP contribution in [0.25, 0.3) is 0 Å². The van der Waals surface area contributed by atoms with Crippen LogP contribution in [0.2, 0.25) is 0 Å². The van der Waals surface area contributed by atoms with Gasteiger partial charge in [0.1, 0.15) is 0 Å². The summed E-state index contributed by atoms with van der Waals surface area (Å²) in [5.41, 5.74) is 3.81. The summed E-state index contributed by atoms with van der Waals surface area (Å²) in [4.78, 5) is 0. The van der Waals surface area contributed by atoms with E-state index in [1.165, 1.54) is 12.6 Å². The van der Waals surface area contributed by atoms with Crippen LogP contribution in [0.1, 0.15) is 37.3 Å². The van der Waals surface area contributed by atoms with Gasteiger partial charge >= 0.3 is 0 Å². The normalized spacial score (nSPS) is 21.5. The summed E-state index contributed by atoms with van der Waals surface area (Å²) in [6, 6.07) is 31.8. The third-order valence-corrected chi connectivity index (χ3v) is 11.1. The molecule has 0 radical (unpaired) electrons. The van der Waals surface area contributed by atoms with Gasteiger partial charge < -0.3 is 0 Å². The first kappa shape index (κ1) is 16.6. The Labute approximate surface area is 152 Å². The highest BCUT2D eigenvalue weighted by Crippen LogP contribution is 2.69. The number of benzene rings is 3. The van der Waals surface area contributed by atoms with Gasteiger partial charge in [0.15, 0.2) is 0 Å². The molecule has 1 aliphatic heterocycles. The van der Waals surface area contributed by atoms with Gasteiger partial charge in [0.2, 0.25) is 0 Å². The minimum absolute atomic E-state index is 0.638. The molecule has 0 spiro atoms. The standard InChI is InChI=1S/C24H26P/c1-3-23-19(2)25(21-13-6-4-7-14-21,22-15-8-5-9-16-22)18-20-12-10-11-17-24(20)23/h4-17,19,23H,3,18H2,1-2H3/q+1. The van der Waals surface area contributed by atoms with E-state index in [1.807, 2.05) is 0 Å². The maximum absolute atomic E-state index is 2.51. The SMILES string of the molecule is CCC1c2ccccc2C[P+](c2ccccc2)(c2ccccc2)C1C. The van der Waals surface area contributed by atoms with Crippen molar-refractivity contribution in [3.63, 3.8) is 0 Å². The second-order valence-corrected chi connectivity index (χ2v) is 11.1. The van der Waals surface area contributed by atoms with Crippen LogP contribution >= 0.6 is 7.26 Å². The quantitative estimate of drug-likeness (QED) is 0.530. The zero-order valence-electron chi connectivity index (χ0n) is 15.1. The number of fused-ring (bicyclic) bond motifs is 1. The fourth-order valence-electron chi connectivity index (χ4n) is 4.77. The molecule has 25 heavy (non-hydrogen) atoms. The maximum Gasteiger partial charge on any atom is 0.0998 e. The molecule has 2 atom stereocenters. The fraction of sp³-hybridized carbons (Fsp3) is 0.250. The lowest BCUT2D eigenvalue weighted by Gasteiger charge is -2.42. The van der Waals surface area contributed by atoms with E-state index in [0.29, 0.717) is 11.6 Å². The van der Waals surface area contributed by atoms with Gasteiger partial charge in [0.25, 0.3) is 0 Å². The lowest BCUT2D eigenvalue weighted by Crippen LogP contribution is -2.38. The van der Waals surface area contributed by atoms with Crippen molar-refractivity contribution in [1.29, 1.82) is 0 Å². The number of hydrogen-bond acceptors (Lipinski definition) is 0. The molecule has 2 unspecified atom stereocenters. The van der Waals surface area contributed by atoms with Gasteiger partial charge in [-0.1, -0.05) is 67.6 Å². The summed E-state index contributed by atoms with van der Waals surface area (Å²) in [6.07, 6.45) is 2.40. The van der Waals surface area contributed by atoms with Crippen molar-refractivity contribution in [3.05, 3.63) is 96.1 Å². The molecule has 0 amide bonds. The smallest absolute Gasteiger partial charge is 0.0646 e. The Morgan fingerprint density at radius 3 is 1.84 bits per heavy atom. The van der Waals surface area contributed by atoms with E-state index in [9.17, 15) is 0 Å². The van der Waals surface area contributed by atoms with Gasteiger partial charge in [-0.15, -0.1) is 0 Å². The molecule has 0 saturated heterocycles. The van der Waals surface area contributed by atoms with Gasteiger partial charge in [-0.25, -0.2) is 0 Å². The molecular weight excluding hydrogens is 319 g/mol. The third-order valence-electron chi connectivity index (χ3n) is 6.03. The summed E-state index contributed by atoms with van der Waals surface area (Å²) < 4.78 is 0. The zero-order valence-corrected chi connectivity index (χ0v) is 16.0. The van der Waals surface area contributed by atoms with E-state index < -0.39 is 7.26 Å². The molecule has 1 aliphatic rings. The van der Waals surface area contributed by atoms with Gasteiger partial charge in [0, 0.05) is 5.92 Å². The highest BCUT2D eigenvalue weighted by atomic mass is 31.2. The van der Waals surface area contributed by atoms with E-state index in [0.717, 1.165) is 0 Å². The van der Waals surface area contributed by atoms with Crippen LogP contribution in [-0.4, -0.2) is 5.66 Å². The average Bonchev–Trinajstić information content (AvgIpc) is 2.69. The molecule has 0 aromatic heterocycles. The van der Waals surface area contributed by atoms with Gasteiger partial charge in [0.05, 0.1) is 29.7 Å². The van der Waals surface area contributed by atoms with E-state index in [-0.39, 0.29) is 0 Å². The molecule has 4 rings (SSSR count). The van der Waals surface area contributed by atoms with Crippen molar-refractivity contribution in [3.8, 4) is 0 Å². The molecule has 0 nitrogen and oxygen atoms in total. The Bertz CT molecular complexity index is 799. The van der Waals surface area contributed by atoms with Crippen molar-refractivity contribution in [1.82, 2.24) is 0 Å². The molecule has 1 heteroatoms. The monoisotopic (exact) mass is 345 g/mol. The molecule has 0 bridgehead atoms. The van der Waals surface area contributed by atoms with Crippen LogP contribution in [0.15, 0.2) is 84.9 Å². The fourth-order valence-corrected chi connectivity index (χ4v) is 9.88.